The van der Waals surface area contributed by atoms with Gasteiger partial charge in [0.15, 0.2) is 0 Å². The maximum atomic E-state index is 13.6. The van der Waals surface area contributed by atoms with Gasteiger partial charge in [0.1, 0.15) is 6.10 Å². The first-order valence-corrected chi connectivity index (χ1v) is 21.1. The molecule has 0 saturated heterocycles. The minimum atomic E-state index is -2.98. The molecule has 0 aliphatic carbocycles. The lowest BCUT2D eigenvalue weighted by Crippen LogP contribution is -2.69. The van der Waals surface area contributed by atoms with Crippen LogP contribution in [0.15, 0.2) is 133 Å². The van der Waals surface area contributed by atoms with Gasteiger partial charge in [0.2, 0.25) is 0 Å². The molecule has 252 valence electrons. The van der Waals surface area contributed by atoms with Crippen LogP contribution in [0.4, 0.5) is 0 Å². The summed E-state index contributed by atoms with van der Waals surface area (Å²) >= 11 is 0. The molecular formula is C42H52O4Si2. The fourth-order valence-electron chi connectivity index (χ4n) is 7.37. The molecule has 1 heterocycles. The third-order valence-electron chi connectivity index (χ3n) is 9.65. The summed E-state index contributed by atoms with van der Waals surface area (Å²) in [4.78, 5) is 13.6. The summed E-state index contributed by atoms with van der Waals surface area (Å²) in [6.45, 7) is 16.0. The van der Waals surface area contributed by atoms with Crippen molar-refractivity contribution in [3.8, 4) is 0 Å². The van der Waals surface area contributed by atoms with Crippen molar-refractivity contribution in [3.63, 3.8) is 0 Å². The minimum Gasteiger partial charge on any atom is -0.457 e. The van der Waals surface area contributed by atoms with Gasteiger partial charge in [0.05, 0.1) is 19.1 Å². The molecule has 0 saturated carbocycles. The van der Waals surface area contributed by atoms with Crippen LogP contribution in [0, 0.1) is 5.92 Å². The van der Waals surface area contributed by atoms with E-state index < -0.39 is 28.8 Å². The second-order valence-corrected chi connectivity index (χ2v) is 23.7. The highest BCUT2D eigenvalue weighted by molar-refractivity contribution is 7.00. The average molecular weight is 677 g/mol. The van der Waals surface area contributed by atoms with Gasteiger partial charge in [-0.25, -0.2) is 0 Å². The van der Waals surface area contributed by atoms with Crippen molar-refractivity contribution in [3.05, 3.63) is 133 Å². The lowest BCUT2D eigenvalue weighted by Gasteiger charge is -2.47. The SMILES string of the molecule is C[C@H]1/C=C/C[C@H](O[Si](c2ccccc2)(c2ccccc2)C(C)(C)C)[C@@H](CO[Si](c2ccccc2)(c2ccccc2)C(C)(C)C)OC(=O)C1. The predicted molar refractivity (Wildman–Crippen MR) is 203 cm³/mol. The topological polar surface area (TPSA) is 44.8 Å². The number of hydrogen-bond acceptors (Lipinski definition) is 4. The Morgan fingerprint density at radius 1 is 0.646 bits per heavy atom. The summed E-state index contributed by atoms with van der Waals surface area (Å²) in [6, 6.07) is 42.6. The molecule has 5 rings (SSSR count). The van der Waals surface area contributed by atoms with Gasteiger partial charge >= 0.3 is 5.97 Å². The van der Waals surface area contributed by atoms with Gasteiger partial charge in [-0.1, -0.05) is 182 Å². The van der Waals surface area contributed by atoms with E-state index in [-0.39, 0.29) is 28.6 Å². The van der Waals surface area contributed by atoms with E-state index in [1.807, 2.05) is 0 Å². The number of allylic oxidation sites excluding steroid dienone is 1. The van der Waals surface area contributed by atoms with E-state index in [1.165, 1.54) is 20.7 Å². The van der Waals surface area contributed by atoms with Crippen LogP contribution in [-0.2, 0) is 18.4 Å². The van der Waals surface area contributed by atoms with Crippen LogP contribution in [0.2, 0.25) is 10.1 Å². The van der Waals surface area contributed by atoms with Crippen molar-refractivity contribution in [1.29, 1.82) is 0 Å². The Kier molecular flexibility index (Phi) is 11.1. The molecule has 0 fully saturated rings. The molecule has 0 unspecified atom stereocenters. The number of carbonyl (C=O) groups is 1. The summed E-state index contributed by atoms with van der Waals surface area (Å²) in [7, 11) is -5.90. The van der Waals surface area contributed by atoms with Crippen molar-refractivity contribution in [2.45, 2.75) is 83.6 Å². The fraction of sp³-hybridized carbons (Fsp3) is 0.357. The summed E-state index contributed by atoms with van der Waals surface area (Å²) in [5, 5.41) is 4.31. The van der Waals surface area contributed by atoms with Crippen molar-refractivity contribution in [2.24, 2.45) is 5.92 Å². The van der Waals surface area contributed by atoms with Crippen LogP contribution in [0.1, 0.15) is 61.3 Å². The monoisotopic (exact) mass is 676 g/mol. The van der Waals surface area contributed by atoms with Gasteiger partial charge in [-0.2, -0.15) is 0 Å². The number of esters is 1. The molecule has 0 aromatic heterocycles. The number of benzene rings is 4. The summed E-state index contributed by atoms with van der Waals surface area (Å²) in [6.07, 6.45) is 4.20. The van der Waals surface area contributed by atoms with Crippen LogP contribution in [0.3, 0.4) is 0 Å². The first kappa shape index (κ1) is 35.7. The molecule has 0 bridgehead atoms. The van der Waals surface area contributed by atoms with Crippen molar-refractivity contribution >= 4 is 43.4 Å². The minimum absolute atomic E-state index is 0.0716. The molecule has 4 nitrogen and oxygen atoms in total. The number of ether oxygens (including phenoxy) is 1. The lowest BCUT2D eigenvalue weighted by atomic mass is 10.1. The third-order valence-corrected chi connectivity index (χ3v) is 19.7. The van der Waals surface area contributed by atoms with Crippen LogP contribution in [-0.4, -0.2) is 41.4 Å². The van der Waals surface area contributed by atoms with Crippen LogP contribution >= 0.6 is 0 Å². The molecule has 1 aliphatic rings. The summed E-state index contributed by atoms with van der Waals surface area (Å²) < 4.78 is 21.6. The molecule has 3 atom stereocenters. The highest BCUT2D eigenvalue weighted by Gasteiger charge is 2.54. The molecule has 4 aromatic rings. The van der Waals surface area contributed by atoms with E-state index in [4.69, 9.17) is 13.6 Å². The van der Waals surface area contributed by atoms with E-state index in [9.17, 15) is 4.79 Å². The van der Waals surface area contributed by atoms with Crippen LogP contribution < -0.4 is 20.7 Å². The van der Waals surface area contributed by atoms with Gasteiger partial charge < -0.3 is 13.6 Å². The molecule has 6 heteroatoms. The molecule has 0 radical (unpaired) electrons. The Balaban J connectivity index is 1.65. The van der Waals surface area contributed by atoms with Gasteiger partial charge in [-0.15, -0.1) is 0 Å². The van der Waals surface area contributed by atoms with E-state index in [0.717, 1.165) is 0 Å². The Labute approximate surface area is 290 Å². The second kappa shape index (κ2) is 14.9. The van der Waals surface area contributed by atoms with E-state index >= 15 is 0 Å². The summed E-state index contributed by atoms with van der Waals surface area (Å²) in [5.41, 5.74) is 0. The van der Waals surface area contributed by atoms with E-state index in [2.05, 4.69) is 182 Å². The van der Waals surface area contributed by atoms with Gasteiger partial charge in [0, 0.05) is 0 Å². The van der Waals surface area contributed by atoms with Gasteiger partial charge in [0.25, 0.3) is 16.6 Å². The largest absolute Gasteiger partial charge is 0.457 e. The summed E-state index contributed by atoms with van der Waals surface area (Å²) in [5.74, 6) is -0.150. The quantitative estimate of drug-likeness (QED) is 0.105. The van der Waals surface area contributed by atoms with Crippen LogP contribution in [0.25, 0.3) is 0 Å². The molecule has 0 spiro atoms. The molecule has 0 amide bonds. The maximum absolute atomic E-state index is 13.6. The molecule has 4 aromatic carbocycles. The average Bonchev–Trinajstić information content (AvgIpc) is 3.12. The van der Waals surface area contributed by atoms with Crippen molar-refractivity contribution < 1.29 is 18.4 Å². The molecule has 0 N–H and O–H groups in total. The molecule has 48 heavy (non-hydrogen) atoms. The van der Waals surface area contributed by atoms with Crippen molar-refractivity contribution in [1.82, 2.24) is 0 Å². The highest BCUT2D eigenvalue weighted by Crippen LogP contribution is 2.40. The number of rotatable bonds is 9. The maximum Gasteiger partial charge on any atom is 0.306 e. The van der Waals surface area contributed by atoms with Crippen molar-refractivity contribution in [2.75, 3.05) is 6.61 Å². The normalized spacial score (nSPS) is 20.2. The molecule has 1 aliphatic heterocycles. The highest BCUT2D eigenvalue weighted by atomic mass is 28.4. The third kappa shape index (κ3) is 7.37. The molecular weight excluding hydrogens is 625 g/mol. The standard InChI is InChI=1S/C42H52O4Si2/c1-33-21-20-30-38(46-48(42(5,6)7,36-26-16-10-17-27-36)37-28-18-11-19-29-37)39(45-40(43)31-33)32-44-47(41(2,3)4,34-22-12-8-13-23-34)35-24-14-9-15-25-35/h8-29,33,38-39H,30-32H2,1-7H3/b21-20+/t33-,38-,39+/m0/s1. The first-order chi connectivity index (χ1) is 22.9. The number of cyclic esters (lactones) is 1. The number of carbonyl (C=O) groups excluding carboxylic acids is 1. The lowest BCUT2D eigenvalue weighted by molar-refractivity contribution is -0.157. The predicted octanol–water partition coefficient (Wildman–Crippen LogP) is 7.41. The Bertz CT molecular complexity index is 1550. The van der Waals surface area contributed by atoms with E-state index in [1.54, 1.807) is 0 Å². The zero-order valence-electron chi connectivity index (χ0n) is 29.7. The second-order valence-electron chi connectivity index (χ2n) is 15.2. The van der Waals surface area contributed by atoms with E-state index in [0.29, 0.717) is 12.8 Å². The first-order valence-electron chi connectivity index (χ1n) is 17.3. The van der Waals surface area contributed by atoms with Gasteiger partial charge in [-0.3, -0.25) is 4.79 Å². The Morgan fingerprint density at radius 2 is 1.04 bits per heavy atom. The fourth-order valence-corrected chi connectivity index (χ4v) is 16.7. The zero-order chi connectivity index (χ0) is 34.4. The van der Waals surface area contributed by atoms with Gasteiger partial charge in [-0.05, 0) is 43.2 Å². The Morgan fingerprint density at radius 3 is 1.44 bits per heavy atom. The van der Waals surface area contributed by atoms with Crippen LogP contribution in [0.5, 0.6) is 0 Å². The number of hydrogen-bond donors (Lipinski definition) is 0. The Hall–Kier alpha value is -3.56. The smallest absolute Gasteiger partial charge is 0.306 e. The zero-order valence-corrected chi connectivity index (χ0v) is 31.7.